The third-order valence-electron chi connectivity index (χ3n) is 2.62. The number of rotatable bonds is 7. The van der Waals surface area contributed by atoms with Crippen molar-refractivity contribution >= 4 is 0 Å². The number of hydrogen-bond donors (Lipinski definition) is 1. The van der Waals surface area contributed by atoms with Gasteiger partial charge >= 0.3 is 6.18 Å². The minimum absolute atomic E-state index is 0.0460. The summed E-state index contributed by atoms with van der Waals surface area (Å²) in [5.74, 6) is 0. The average molecular weight is 241 g/mol. The van der Waals surface area contributed by atoms with Crippen LogP contribution in [0, 0.1) is 0 Å². The number of methoxy groups -OCH3 is 1. The van der Waals surface area contributed by atoms with Crippen LogP contribution in [0.1, 0.15) is 40.0 Å². The van der Waals surface area contributed by atoms with Crippen LogP contribution in [0.2, 0.25) is 0 Å². The highest BCUT2D eigenvalue weighted by Gasteiger charge is 2.39. The molecule has 5 heteroatoms. The largest absolute Gasteiger partial charge is 0.403 e. The van der Waals surface area contributed by atoms with Crippen molar-refractivity contribution in [3.8, 4) is 0 Å². The fourth-order valence-electron chi connectivity index (χ4n) is 1.29. The Kier molecular flexibility index (Phi) is 6.33. The number of hydrogen-bond acceptors (Lipinski definition) is 2. The molecule has 0 heterocycles. The van der Waals surface area contributed by atoms with Gasteiger partial charge in [0, 0.05) is 7.11 Å². The van der Waals surface area contributed by atoms with Gasteiger partial charge in [-0.25, -0.2) is 0 Å². The van der Waals surface area contributed by atoms with Crippen molar-refractivity contribution < 1.29 is 17.9 Å². The Morgan fingerprint density at radius 1 is 1.25 bits per heavy atom. The third kappa shape index (κ3) is 6.33. The van der Waals surface area contributed by atoms with Crippen molar-refractivity contribution in [2.75, 3.05) is 13.7 Å². The van der Waals surface area contributed by atoms with E-state index >= 15 is 0 Å². The van der Waals surface area contributed by atoms with Crippen molar-refractivity contribution in [1.29, 1.82) is 0 Å². The molecule has 0 spiro atoms. The van der Waals surface area contributed by atoms with E-state index in [1.54, 1.807) is 13.8 Å². The van der Waals surface area contributed by atoms with Crippen LogP contribution < -0.4 is 5.32 Å². The van der Waals surface area contributed by atoms with Gasteiger partial charge in [0.1, 0.15) is 6.04 Å². The predicted octanol–water partition coefficient (Wildman–Crippen LogP) is 3.12. The maximum absolute atomic E-state index is 12.6. The van der Waals surface area contributed by atoms with Gasteiger partial charge < -0.3 is 10.1 Å². The minimum Gasteiger partial charge on any atom is -0.379 e. The lowest BCUT2D eigenvalue weighted by molar-refractivity contribution is -0.159. The zero-order valence-electron chi connectivity index (χ0n) is 10.4. The topological polar surface area (TPSA) is 21.3 Å². The molecule has 0 bridgehead atoms. The Bertz CT molecular complexity index is 192. The van der Waals surface area contributed by atoms with Crippen LogP contribution in [0.5, 0.6) is 0 Å². The van der Waals surface area contributed by atoms with Gasteiger partial charge in [-0.05, 0) is 39.7 Å². The van der Waals surface area contributed by atoms with E-state index in [0.29, 0.717) is 19.4 Å². The first-order chi connectivity index (χ1) is 7.23. The lowest BCUT2D eigenvalue weighted by Gasteiger charge is -2.27. The van der Waals surface area contributed by atoms with Crippen LogP contribution in [0.15, 0.2) is 0 Å². The number of ether oxygens (including phenoxy) is 1. The van der Waals surface area contributed by atoms with Crippen molar-refractivity contribution in [3.63, 3.8) is 0 Å². The smallest absolute Gasteiger partial charge is 0.379 e. The molecule has 1 N–H and O–H groups in total. The van der Waals surface area contributed by atoms with Crippen LogP contribution in [-0.4, -0.2) is 31.5 Å². The zero-order chi connectivity index (χ0) is 12.8. The molecule has 16 heavy (non-hydrogen) atoms. The summed E-state index contributed by atoms with van der Waals surface area (Å²) in [6, 6.07) is -1.43. The summed E-state index contributed by atoms with van der Waals surface area (Å²) in [4.78, 5) is 0. The van der Waals surface area contributed by atoms with Gasteiger partial charge in [-0.3, -0.25) is 0 Å². The highest BCUT2D eigenvalue weighted by molar-refractivity contribution is 4.79. The number of alkyl halides is 3. The molecule has 0 aliphatic carbocycles. The van der Waals surface area contributed by atoms with Gasteiger partial charge in [0.15, 0.2) is 0 Å². The Hall–Kier alpha value is -0.290. The van der Waals surface area contributed by atoms with Crippen LogP contribution in [0.25, 0.3) is 0 Å². The number of halogens is 3. The molecule has 0 aliphatic heterocycles. The van der Waals surface area contributed by atoms with Gasteiger partial charge in [-0.1, -0.05) is 6.92 Å². The molecule has 1 atom stereocenters. The van der Waals surface area contributed by atoms with Gasteiger partial charge in [0.05, 0.1) is 5.60 Å². The van der Waals surface area contributed by atoms with E-state index in [2.05, 4.69) is 5.32 Å². The Morgan fingerprint density at radius 2 is 1.81 bits per heavy atom. The van der Waals surface area contributed by atoms with Gasteiger partial charge in [0.2, 0.25) is 0 Å². The highest BCUT2D eigenvalue weighted by atomic mass is 19.4. The highest BCUT2D eigenvalue weighted by Crippen LogP contribution is 2.26. The summed E-state index contributed by atoms with van der Waals surface area (Å²) < 4.78 is 43.0. The first kappa shape index (κ1) is 15.7. The molecule has 2 nitrogen and oxygen atoms in total. The third-order valence-corrected chi connectivity index (χ3v) is 2.62. The van der Waals surface area contributed by atoms with Crippen LogP contribution in [-0.2, 0) is 4.74 Å². The zero-order valence-corrected chi connectivity index (χ0v) is 10.4. The van der Waals surface area contributed by atoms with Crippen molar-refractivity contribution in [1.82, 2.24) is 5.32 Å². The SMILES string of the molecule is CCCNC(CCC(C)(C)OC)C(F)(F)F. The molecule has 0 saturated carbocycles. The maximum atomic E-state index is 12.6. The van der Waals surface area contributed by atoms with Gasteiger partial charge in [-0.15, -0.1) is 0 Å². The van der Waals surface area contributed by atoms with E-state index in [1.807, 2.05) is 6.92 Å². The molecule has 0 saturated heterocycles. The molecule has 0 aromatic rings. The number of nitrogens with one attached hydrogen (secondary N) is 1. The minimum atomic E-state index is -4.18. The molecule has 1 unspecified atom stereocenters. The van der Waals surface area contributed by atoms with Crippen molar-refractivity contribution in [2.45, 2.75) is 57.9 Å². The second-order valence-corrected chi connectivity index (χ2v) is 4.55. The van der Waals surface area contributed by atoms with Crippen LogP contribution in [0.4, 0.5) is 13.2 Å². The van der Waals surface area contributed by atoms with E-state index < -0.39 is 17.8 Å². The van der Waals surface area contributed by atoms with Crippen LogP contribution >= 0.6 is 0 Å². The van der Waals surface area contributed by atoms with E-state index in [-0.39, 0.29) is 6.42 Å². The summed E-state index contributed by atoms with van der Waals surface area (Å²) in [6.07, 6.45) is -3.06. The Labute approximate surface area is 95.5 Å². The first-order valence-corrected chi connectivity index (χ1v) is 5.58. The standard InChI is InChI=1S/C11H22F3NO/c1-5-8-15-9(11(12,13)14)6-7-10(2,3)16-4/h9,15H,5-8H2,1-4H3. The lowest BCUT2D eigenvalue weighted by atomic mass is 9.98. The molecule has 0 aromatic carbocycles. The van der Waals surface area contributed by atoms with E-state index in [1.165, 1.54) is 7.11 Å². The molecule has 98 valence electrons. The predicted molar refractivity (Wildman–Crippen MR) is 58.5 cm³/mol. The quantitative estimate of drug-likeness (QED) is 0.739. The summed E-state index contributed by atoms with van der Waals surface area (Å²) in [7, 11) is 1.52. The van der Waals surface area contributed by atoms with E-state index in [0.717, 1.165) is 0 Å². The fraction of sp³-hybridized carbons (Fsp3) is 1.00. The summed E-state index contributed by atoms with van der Waals surface area (Å²) >= 11 is 0. The Balaban J connectivity index is 4.22. The maximum Gasteiger partial charge on any atom is 0.403 e. The molecular weight excluding hydrogens is 219 g/mol. The van der Waals surface area contributed by atoms with Gasteiger partial charge in [-0.2, -0.15) is 13.2 Å². The second kappa shape index (κ2) is 6.45. The molecule has 0 fully saturated rings. The van der Waals surface area contributed by atoms with Gasteiger partial charge in [0.25, 0.3) is 0 Å². The summed E-state index contributed by atoms with van der Waals surface area (Å²) in [5, 5.41) is 2.53. The molecule has 0 aliphatic rings. The second-order valence-electron chi connectivity index (χ2n) is 4.55. The molecule has 0 rings (SSSR count). The van der Waals surface area contributed by atoms with E-state index in [9.17, 15) is 13.2 Å². The first-order valence-electron chi connectivity index (χ1n) is 5.58. The monoisotopic (exact) mass is 241 g/mol. The molecule has 0 radical (unpaired) electrons. The van der Waals surface area contributed by atoms with Crippen molar-refractivity contribution in [3.05, 3.63) is 0 Å². The fourth-order valence-corrected chi connectivity index (χ4v) is 1.29. The normalized spacial score (nSPS) is 15.2. The van der Waals surface area contributed by atoms with Crippen molar-refractivity contribution in [2.24, 2.45) is 0 Å². The molecule has 0 amide bonds. The van der Waals surface area contributed by atoms with Crippen LogP contribution in [0.3, 0.4) is 0 Å². The van der Waals surface area contributed by atoms with E-state index in [4.69, 9.17) is 4.74 Å². The average Bonchev–Trinajstić information content (AvgIpc) is 2.16. The summed E-state index contributed by atoms with van der Waals surface area (Å²) in [6.45, 7) is 5.82. The lowest BCUT2D eigenvalue weighted by Crippen LogP contribution is -2.43. The molecular formula is C11H22F3NO. The summed E-state index contributed by atoms with van der Waals surface area (Å²) in [5.41, 5.74) is -0.503. The molecule has 0 aromatic heterocycles. The Morgan fingerprint density at radius 3 is 2.19 bits per heavy atom.